The Bertz CT molecular complexity index is 424. The number of benzene rings is 1. The van der Waals surface area contributed by atoms with Crippen LogP contribution >= 0.6 is 0 Å². The van der Waals surface area contributed by atoms with Crippen LogP contribution in [0.4, 0.5) is 11.4 Å². The van der Waals surface area contributed by atoms with Crippen LogP contribution in [0, 0.1) is 10.1 Å². The van der Waals surface area contributed by atoms with E-state index in [-0.39, 0.29) is 5.69 Å². The Kier molecular flexibility index (Phi) is 6.24. The Hall–Kier alpha value is -1.66. The number of anilines is 1. The lowest BCUT2D eigenvalue weighted by Crippen LogP contribution is -2.27. The van der Waals surface area contributed by atoms with Gasteiger partial charge in [0.15, 0.2) is 0 Å². The quantitative estimate of drug-likeness (QED) is 0.337. The van der Waals surface area contributed by atoms with Crippen molar-refractivity contribution in [3.63, 3.8) is 0 Å². The number of non-ortho nitro benzene ring substituents is 1. The molecule has 0 aliphatic heterocycles. The minimum Gasteiger partial charge on any atom is -0.398 e. The predicted octanol–water partition coefficient (Wildman–Crippen LogP) is 2.04. The molecular weight excluding hydrogens is 246 g/mol. The fourth-order valence-corrected chi connectivity index (χ4v) is 1.77. The number of nitrogens with two attached hydrogens (primary N) is 1. The third-order valence-corrected chi connectivity index (χ3v) is 2.93. The zero-order valence-electron chi connectivity index (χ0n) is 11.5. The van der Waals surface area contributed by atoms with Crippen molar-refractivity contribution in [3.8, 4) is 0 Å². The van der Waals surface area contributed by atoms with Gasteiger partial charge in [0.25, 0.3) is 5.69 Å². The second kappa shape index (κ2) is 7.70. The number of likely N-dealkylation sites (N-methyl/N-ethyl adjacent to an activating group) is 1. The number of hydrogen-bond acceptors (Lipinski definition) is 5. The van der Waals surface area contributed by atoms with Crippen molar-refractivity contribution < 1.29 is 9.66 Å². The Morgan fingerprint density at radius 2 is 2.16 bits per heavy atom. The summed E-state index contributed by atoms with van der Waals surface area (Å²) in [5.74, 6) is 0. The maximum absolute atomic E-state index is 10.8. The summed E-state index contributed by atoms with van der Waals surface area (Å²) in [4.78, 5) is 12.5. The van der Waals surface area contributed by atoms with Gasteiger partial charge in [-0.15, -0.1) is 0 Å². The first-order chi connectivity index (χ1) is 9.08. The number of nitrogens with zero attached hydrogens (tertiary/aromatic N) is 2. The molecule has 0 bridgehead atoms. The van der Waals surface area contributed by atoms with Gasteiger partial charge in [-0.2, -0.15) is 0 Å². The normalized spacial score (nSPS) is 10.9. The molecule has 6 nitrogen and oxygen atoms in total. The summed E-state index contributed by atoms with van der Waals surface area (Å²) in [6.07, 6.45) is 0. The number of hydrogen-bond donors (Lipinski definition) is 1. The second-order valence-electron chi connectivity index (χ2n) is 4.21. The Morgan fingerprint density at radius 1 is 1.42 bits per heavy atom. The monoisotopic (exact) mass is 267 g/mol. The highest BCUT2D eigenvalue weighted by molar-refractivity contribution is 5.52. The number of nitro benzene ring substituents is 1. The number of nitrogen functional groups attached to an aromatic ring is 1. The van der Waals surface area contributed by atoms with Crippen LogP contribution in [0.25, 0.3) is 0 Å². The number of nitro groups is 1. The molecule has 0 radical (unpaired) electrons. The van der Waals surface area contributed by atoms with E-state index in [1.807, 2.05) is 13.8 Å². The van der Waals surface area contributed by atoms with Gasteiger partial charge in [0.1, 0.15) is 0 Å². The highest BCUT2D eigenvalue weighted by Crippen LogP contribution is 2.21. The molecule has 0 aromatic heterocycles. The van der Waals surface area contributed by atoms with E-state index in [9.17, 15) is 10.1 Å². The molecule has 0 saturated heterocycles. The fourth-order valence-electron chi connectivity index (χ4n) is 1.77. The Morgan fingerprint density at radius 3 is 2.74 bits per heavy atom. The van der Waals surface area contributed by atoms with Crippen LogP contribution in [0.5, 0.6) is 0 Å². The summed E-state index contributed by atoms with van der Waals surface area (Å²) < 4.78 is 5.31. The largest absolute Gasteiger partial charge is 0.398 e. The summed E-state index contributed by atoms with van der Waals surface area (Å²) in [6, 6.07) is 4.55. The lowest BCUT2D eigenvalue weighted by molar-refractivity contribution is -0.384. The summed E-state index contributed by atoms with van der Waals surface area (Å²) in [5, 5.41) is 10.8. The van der Waals surface area contributed by atoms with E-state index in [2.05, 4.69) is 4.90 Å². The van der Waals surface area contributed by atoms with Crippen LogP contribution in [0.3, 0.4) is 0 Å². The molecule has 1 aromatic rings. The van der Waals surface area contributed by atoms with Crippen LogP contribution in [0.1, 0.15) is 19.4 Å². The molecule has 0 fully saturated rings. The first kappa shape index (κ1) is 15.4. The van der Waals surface area contributed by atoms with E-state index < -0.39 is 4.92 Å². The van der Waals surface area contributed by atoms with Gasteiger partial charge in [0.05, 0.1) is 11.5 Å². The average Bonchev–Trinajstić information content (AvgIpc) is 2.39. The minimum atomic E-state index is -0.403. The standard InChI is InChI=1S/C13H21N3O3/c1-3-15(7-8-19-4-2)10-11-9-12(16(17)18)5-6-13(11)14/h5-6,9H,3-4,7-8,10,14H2,1-2H3. The van der Waals surface area contributed by atoms with Crippen LogP contribution in [-0.2, 0) is 11.3 Å². The maximum atomic E-state index is 10.8. The topological polar surface area (TPSA) is 81.6 Å². The molecule has 106 valence electrons. The van der Waals surface area contributed by atoms with E-state index in [4.69, 9.17) is 10.5 Å². The lowest BCUT2D eigenvalue weighted by atomic mass is 10.1. The molecule has 0 unspecified atom stereocenters. The fraction of sp³-hybridized carbons (Fsp3) is 0.538. The second-order valence-corrected chi connectivity index (χ2v) is 4.21. The lowest BCUT2D eigenvalue weighted by Gasteiger charge is -2.21. The molecule has 0 aliphatic carbocycles. The van der Waals surface area contributed by atoms with Crippen molar-refractivity contribution >= 4 is 11.4 Å². The van der Waals surface area contributed by atoms with Crippen molar-refractivity contribution in [1.82, 2.24) is 4.90 Å². The first-order valence-electron chi connectivity index (χ1n) is 6.41. The van der Waals surface area contributed by atoms with Gasteiger partial charge in [-0.05, 0) is 25.1 Å². The summed E-state index contributed by atoms with van der Waals surface area (Å²) in [7, 11) is 0. The molecule has 0 aliphatic rings. The molecule has 6 heteroatoms. The third kappa shape index (κ3) is 4.84. The van der Waals surface area contributed by atoms with Crippen molar-refractivity contribution in [2.24, 2.45) is 0 Å². The molecule has 1 rings (SSSR count). The van der Waals surface area contributed by atoms with Crippen molar-refractivity contribution in [1.29, 1.82) is 0 Å². The molecule has 2 N–H and O–H groups in total. The van der Waals surface area contributed by atoms with Gasteiger partial charge in [-0.25, -0.2) is 0 Å². The predicted molar refractivity (Wildman–Crippen MR) is 75.0 cm³/mol. The minimum absolute atomic E-state index is 0.0741. The highest BCUT2D eigenvalue weighted by atomic mass is 16.6. The first-order valence-corrected chi connectivity index (χ1v) is 6.41. The number of rotatable bonds is 8. The van der Waals surface area contributed by atoms with Crippen LogP contribution in [-0.4, -0.2) is 36.1 Å². The van der Waals surface area contributed by atoms with Gasteiger partial charge < -0.3 is 10.5 Å². The van der Waals surface area contributed by atoms with Gasteiger partial charge >= 0.3 is 0 Å². The Balaban J connectivity index is 2.72. The molecule has 0 saturated carbocycles. The van der Waals surface area contributed by atoms with Gasteiger partial charge in [-0.1, -0.05) is 6.92 Å². The molecule has 0 heterocycles. The van der Waals surface area contributed by atoms with Gasteiger partial charge in [-0.3, -0.25) is 15.0 Å². The van der Waals surface area contributed by atoms with E-state index in [0.29, 0.717) is 25.4 Å². The zero-order chi connectivity index (χ0) is 14.3. The van der Waals surface area contributed by atoms with Crippen LogP contribution in [0.15, 0.2) is 18.2 Å². The smallest absolute Gasteiger partial charge is 0.269 e. The SMILES string of the molecule is CCOCCN(CC)Cc1cc([N+](=O)[O-])ccc1N. The molecule has 19 heavy (non-hydrogen) atoms. The van der Waals surface area contributed by atoms with E-state index >= 15 is 0 Å². The van der Waals surface area contributed by atoms with Crippen molar-refractivity contribution in [2.45, 2.75) is 20.4 Å². The molecule has 0 amide bonds. The van der Waals surface area contributed by atoms with Crippen LogP contribution < -0.4 is 5.73 Å². The average molecular weight is 267 g/mol. The molecule has 0 spiro atoms. The molecule has 1 aromatic carbocycles. The summed E-state index contributed by atoms with van der Waals surface area (Å²) in [5.41, 5.74) is 7.31. The third-order valence-electron chi connectivity index (χ3n) is 2.93. The maximum Gasteiger partial charge on any atom is 0.269 e. The van der Waals surface area contributed by atoms with Gasteiger partial charge in [0.2, 0.25) is 0 Å². The van der Waals surface area contributed by atoms with Crippen molar-refractivity contribution in [3.05, 3.63) is 33.9 Å². The zero-order valence-corrected chi connectivity index (χ0v) is 11.5. The summed E-state index contributed by atoms with van der Waals surface area (Å²) >= 11 is 0. The van der Waals surface area contributed by atoms with Crippen molar-refractivity contribution in [2.75, 3.05) is 32.0 Å². The molecular formula is C13H21N3O3. The van der Waals surface area contributed by atoms with Crippen LogP contribution in [0.2, 0.25) is 0 Å². The number of ether oxygens (including phenoxy) is 1. The Labute approximate surface area is 113 Å². The van der Waals surface area contributed by atoms with E-state index in [1.165, 1.54) is 6.07 Å². The highest BCUT2D eigenvalue weighted by Gasteiger charge is 2.11. The van der Waals surface area contributed by atoms with E-state index in [0.717, 1.165) is 18.7 Å². The summed E-state index contributed by atoms with van der Waals surface area (Å²) in [6.45, 7) is 7.56. The van der Waals surface area contributed by atoms with Gasteiger partial charge in [0, 0.05) is 37.5 Å². The van der Waals surface area contributed by atoms with E-state index in [1.54, 1.807) is 12.1 Å². The molecule has 0 atom stereocenters.